The molecule has 2 N–H and O–H groups in total. The molecule has 0 atom stereocenters. The summed E-state index contributed by atoms with van der Waals surface area (Å²) in [6.07, 6.45) is 1.93. The number of amides is 2. The van der Waals surface area contributed by atoms with Gasteiger partial charge in [0.15, 0.2) is 0 Å². The molecule has 0 aliphatic rings. The standard InChI is InChI=1S/C17H17ClN2O3S/c1-23-10-16(21)19-11-3-5-12(6-4-11)20-17(22)14-9-13(24-2)7-8-15(14)18/h3-9H,10H2,1-2H3,(H,19,21)(H,20,22). The number of hydrogen-bond acceptors (Lipinski definition) is 4. The fourth-order valence-electron chi connectivity index (χ4n) is 1.97. The summed E-state index contributed by atoms with van der Waals surface area (Å²) in [6.45, 7) is -0.0111. The van der Waals surface area contributed by atoms with Gasteiger partial charge in [-0.1, -0.05) is 11.6 Å². The summed E-state index contributed by atoms with van der Waals surface area (Å²) in [5.41, 5.74) is 1.65. The fourth-order valence-corrected chi connectivity index (χ4v) is 2.61. The summed E-state index contributed by atoms with van der Waals surface area (Å²) in [5.74, 6) is -0.526. The van der Waals surface area contributed by atoms with E-state index in [-0.39, 0.29) is 18.4 Å². The molecule has 0 fully saturated rings. The van der Waals surface area contributed by atoms with Crippen LogP contribution in [0.5, 0.6) is 0 Å². The van der Waals surface area contributed by atoms with Gasteiger partial charge in [-0.15, -0.1) is 11.8 Å². The van der Waals surface area contributed by atoms with Crippen LogP contribution in [0, 0.1) is 0 Å². The first kappa shape index (κ1) is 18.3. The highest BCUT2D eigenvalue weighted by molar-refractivity contribution is 7.98. The second kappa shape index (κ2) is 8.73. The molecule has 0 unspecified atom stereocenters. The Morgan fingerprint density at radius 1 is 1.08 bits per heavy atom. The van der Waals surface area contributed by atoms with Crippen molar-refractivity contribution in [3.05, 3.63) is 53.1 Å². The highest BCUT2D eigenvalue weighted by Crippen LogP contribution is 2.24. The number of benzene rings is 2. The number of nitrogens with one attached hydrogen (secondary N) is 2. The minimum Gasteiger partial charge on any atom is -0.375 e. The van der Waals surface area contributed by atoms with Gasteiger partial charge in [0.1, 0.15) is 6.61 Å². The maximum absolute atomic E-state index is 12.4. The van der Waals surface area contributed by atoms with Gasteiger partial charge in [0.05, 0.1) is 10.6 Å². The van der Waals surface area contributed by atoms with Crippen LogP contribution in [0.1, 0.15) is 10.4 Å². The van der Waals surface area contributed by atoms with Crippen molar-refractivity contribution in [1.82, 2.24) is 0 Å². The molecular formula is C17H17ClN2O3S. The van der Waals surface area contributed by atoms with Crippen LogP contribution in [-0.4, -0.2) is 31.8 Å². The first-order valence-corrected chi connectivity index (χ1v) is 8.67. The second-order valence-corrected chi connectivity index (χ2v) is 6.15. The highest BCUT2D eigenvalue weighted by Gasteiger charge is 2.11. The Kier molecular flexibility index (Phi) is 6.66. The second-order valence-electron chi connectivity index (χ2n) is 4.86. The number of anilines is 2. The highest BCUT2D eigenvalue weighted by atomic mass is 35.5. The molecule has 0 saturated carbocycles. The number of hydrogen-bond donors (Lipinski definition) is 2. The van der Waals surface area contributed by atoms with Crippen molar-refractivity contribution >= 4 is 46.6 Å². The molecule has 2 aromatic carbocycles. The SMILES string of the molecule is COCC(=O)Nc1ccc(NC(=O)c2cc(SC)ccc2Cl)cc1. The topological polar surface area (TPSA) is 67.4 Å². The summed E-state index contributed by atoms with van der Waals surface area (Å²) in [4.78, 5) is 24.8. The van der Waals surface area contributed by atoms with Crippen LogP contribution in [0.25, 0.3) is 0 Å². The minimum absolute atomic E-state index is 0.0111. The lowest BCUT2D eigenvalue weighted by Gasteiger charge is -2.09. The van der Waals surface area contributed by atoms with Gasteiger partial charge in [-0.2, -0.15) is 0 Å². The lowest BCUT2D eigenvalue weighted by Crippen LogP contribution is -2.17. The Balaban J connectivity index is 2.05. The third-order valence-electron chi connectivity index (χ3n) is 3.12. The maximum atomic E-state index is 12.4. The summed E-state index contributed by atoms with van der Waals surface area (Å²) in [6, 6.07) is 12.1. The molecule has 0 spiro atoms. The number of thioether (sulfide) groups is 1. The van der Waals surface area contributed by atoms with Gasteiger partial charge in [-0.25, -0.2) is 0 Å². The van der Waals surface area contributed by atoms with Crippen LogP contribution in [0.2, 0.25) is 5.02 Å². The molecule has 0 bridgehead atoms. The molecule has 126 valence electrons. The van der Waals surface area contributed by atoms with E-state index >= 15 is 0 Å². The predicted octanol–water partition coefficient (Wildman–Crippen LogP) is 3.90. The van der Waals surface area contributed by atoms with E-state index < -0.39 is 0 Å². The first-order valence-electron chi connectivity index (χ1n) is 7.07. The first-order chi connectivity index (χ1) is 11.5. The number of carbonyl (C=O) groups excluding carboxylic acids is 2. The lowest BCUT2D eigenvalue weighted by atomic mass is 10.2. The van der Waals surface area contributed by atoms with Gasteiger partial charge in [0, 0.05) is 23.4 Å². The molecule has 24 heavy (non-hydrogen) atoms. The van der Waals surface area contributed by atoms with Crippen LogP contribution >= 0.6 is 23.4 Å². The van der Waals surface area contributed by atoms with Crippen molar-refractivity contribution in [3.8, 4) is 0 Å². The van der Waals surface area contributed by atoms with Crippen LogP contribution in [-0.2, 0) is 9.53 Å². The molecule has 0 heterocycles. The minimum atomic E-state index is -0.285. The van der Waals surface area contributed by atoms with Gasteiger partial charge in [-0.05, 0) is 48.7 Å². The van der Waals surface area contributed by atoms with E-state index in [1.54, 1.807) is 36.4 Å². The summed E-state index contributed by atoms with van der Waals surface area (Å²) < 4.78 is 4.75. The van der Waals surface area contributed by atoms with E-state index in [1.165, 1.54) is 18.9 Å². The number of halogens is 1. The Labute approximate surface area is 149 Å². The zero-order valence-electron chi connectivity index (χ0n) is 13.3. The Hall–Kier alpha value is -2.02. The molecule has 2 rings (SSSR count). The third-order valence-corrected chi connectivity index (χ3v) is 4.18. The van der Waals surface area contributed by atoms with Crippen LogP contribution in [0.3, 0.4) is 0 Å². The largest absolute Gasteiger partial charge is 0.375 e. The predicted molar refractivity (Wildman–Crippen MR) is 98.1 cm³/mol. The molecule has 5 nitrogen and oxygen atoms in total. The van der Waals surface area contributed by atoms with Crippen molar-refractivity contribution in [2.45, 2.75) is 4.90 Å². The molecule has 2 amide bonds. The molecular weight excluding hydrogens is 348 g/mol. The van der Waals surface area contributed by atoms with Crippen molar-refractivity contribution in [2.24, 2.45) is 0 Å². The number of methoxy groups -OCH3 is 1. The lowest BCUT2D eigenvalue weighted by molar-refractivity contribution is -0.119. The summed E-state index contributed by atoms with van der Waals surface area (Å²) in [5, 5.41) is 5.86. The fraction of sp³-hybridized carbons (Fsp3) is 0.176. The van der Waals surface area contributed by atoms with Crippen LogP contribution < -0.4 is 10.6 Å². The van der Waals surface area contributed by atoms with Gasteiger partial charge in [0.25, 0.3) is 5.91 Å². The summed E-state index contributed by atoms with van der Waals surface area (Å²) in [7, 11) is 1.45. The molecule has 0 aliphatic carbocycles. The van der Waals surface area contributed by atoms with E-state index in [2.05, 4.69) is 10.6 Å². The van der Waals surface area contributed by atoms with Crippen molar-refractivity contribution in [1.29, 1.82) is 0 Å². The van der Waals surface area contributed by atoms with Crippen molar-refractivity contribution in [2.75, 3.05) is 30.6 Å². The smallest absolute Gasteiger partial charge is 0.257 e. The van der Waals surface area contributed by atoms with Gasteiger partial charge in [-0.3, -0.25) is 9.59 Å². The quantitative estimate of drug-likeness (QED) is 0.763. The average Bonchev–Trinajstić information content (AvgIpc) is 2.57. The number of carbonyl (C=O) groups is 2. The Morgan fingerprint density at radius 3 is 2.29 bits per heavy atom. The molecule has 0 radical (unpaired) electrons. The zero-order valence-corrected chi connectivity index (χ0v) is 14.8. The van der Waals surface area contributed by atoms with E-state index in [1.807, 2.05) is 12.3 Å². The monoisotopic (exact) mass is 364 g/mol. The van der Waals surface area contributed by atoms with Crippen molar-refractivity contribution < 1.29 is 14.3 Å². The van der Waals surface area contributed by atoms with Crippen molar-refractivity contribution in [3.63, 3.8) is 0 Å². The van der Waals surface area contributed by atoms with E-state index in [4.69, 9.17) is 16.3 Å². The zero-order chi connectivity index (χ0) is 17.5. The maximum Gasteiger partial charge on any atom is 0.257 e. The van der Waals surface area contributed by atoms with Gasteiger partial charge < -0.3 is 15.4 Å². The van der Waals surface area contributed by atoms with E-state index in [0.717, 1.165) is 4.90 Å². The molecule has 0 aliphatic heterocycles. The van der Waals surface area contributed by atoms with E-state index in [0.29, 0.717) is 22.0 Å². The van der Waals surface area contributed by atoms with E-state index in [9.17, 15) is 9.59 Å². The Bertz CT molecular complexity index is 735. The molecule has 0 aromatic heterocycles. The van der Waals surface area contributed by atoms with Gasteiger partial charge >= 0.3 is 0 Å². The normalized spacial score (nSPS) is 10.3. The number of rotatable bonds is 6. The number of ether oxygens (including phenoxy) is 1. The molecule has 2 aromatic rings. The average molecular weight is 365 g/mol. The Morgan fingerprint density at radius 2 is 1.71 bits per heavy atom. The molecule has 0 saturated heterocycles. The van der Waals surface area contributed by atoms with Crippen LogP contribution in [0.15, 0.2) is 47.4 Å². The summed E-state index contributed by atoms with van der Waals surface area (Å²) >= 11 is 7.63. The van der Waals surface area contributed by atoms with Gasteiger partial charge in [0.2, 0.25) is 5.91 Å². The third kappa shape index (κ3) is 4.99. The van der Waals surface area contributed by atoms with Crippen LogP contribution in [0.4, 0.5) is 11.4 Å². The molecule has 7 heteroatoms.